The summed E-state index contributed by atoms with van der Waals surface area (Å²) >= 11 is 0. The molecule has 112 valence electrons. The van der Waals surface area contributed by atoms with Gasteiger partial charge >= 0.3 is 5.97 Å². The predicted octanol–water partition coefficient (Wildman–Crippen LogP) is 1.33. The summed E-state index contributed by atoms with van der Waals surface area (Å²) in [7, 11) is 0. The standard InChI is InChI=1S/C14H22N2O4/c1-11(2)8-15-13(17)10-16(6-5-14(18)19)9-12-4-3-7-20-12/h3-4,7,11H,5-6,8-10H2,1-2H3,(H,15,17)(H,18,19). The normalized spacial score (nSPS) is 11.0. The first-order valence-corrected chi connectivity index (χ1v) is 6.70. The second kappa shape index (κ2) is 8.37. The first kappa shape index (κ1) is 16.2. The van der Waals surface area contributed by atoms with E-state index in [4.69, 9.17) is 9.52 Å². The smallest absolute Gasteiger partial charge is 0.304 e. The van der Waals surface area contributed by atoms with Gasteiger partial charge in [-0.15, -0.1) is 0 Å². The van der Waals surface area contributed by atoms with Crippen LogP contribution in [0.5, 0.6) is 0 Å². The zero-order chi connectivity index (χ0) is 15.0. The number of carbonyl (C=O) groups is 2. The van der Waals surface area contributed by atoms with Gasteiger partial charge in [0.1, 0.15) is 5.76 Å². The van der Waals surface area contributed by atoms with Crippen LogP contribution in [0.15, 0.2) is 22.8 Å². The van der Waals surface area contributed by atoms with Crippen molar-refractivity contribution < 1.29 is 19.1 Å². The Morgan fingerprint density at radius 3 is 2.75 bits per heavy atom. The number of carboxylic acid groups (broad SMARTS) is 1. The summed E-state index contributed by atoms with van der Waals surface area (Å²) in [5.41, 5.74) is 0. The van der Waals surface area contributed by atoms with Crippen LogP contribution in [0, 0.1) is 5.92 Å². The summed E-state index contributed by atoms with van der Waals surface area (Å²) < 4.78 is 5.23. The van der Waals surface area contributed by atoms with E-state index in [0.29, 0.717) is 31.3 Å². The zero-order valence-electron chi connectivity index (χ0n) is 12.0. The number of carbonyl (C=O) groups excluding carboxylic acids is 1. The molecule has 0 spiro atoms. The van der Waals surface area contributed by atoms with Crippen molar-refractivity contribution in [3.05, 3.63) is 24.2 Å². The molecule has 0 unspecified atom stereocenters. The van der Waals surface area contributed by atoms with E-state index in [9.17, 15) is 9.59 Å². The molecule has 1 aromatic rings. The van der Waals surface area contributed by atoms with E-state index in [1.807, 2.05) is 13.8 Å². The molecule has 0 aliphatic rings. The van der Waals surface area contributed by atoms with Gasteiger partial charge in [0.25, 0.3) is 0 Å². The third-order valence-electron chi connectivity index (χ3n) is 2.68. The molecular formula is C14H22N2O4. The molecule has 0 aliphatic carbocycles. The highest BCUT2D eigenvalue weighted by atomic mass is 16.4. The summed E-state index contributed by atoms with van der Waals surface area (Å²) in [6, 6.07) is 3.57. The number of hydrogen-bond donors (Lipinski definition) is 2. The Labute approximate surface area is 118 Å². The van der Waals surface area contributed by atoms with Crippen molar-refractivity contribution in [1.29, 1.82) is 0 Å². The van der Waals surface area contributed by atoms with Crippen LogP contribution in [-0.2, 0) is 16.1 Å². The molecular weight excluding hydrogens is 260 g/mol. The fraction of sp³-hybridized carbons (Fsp3) is 0.571. The minimum Gasteiger partial charge on any atom is -0.481 e. The molecule has 0 atom stereocenters. The topological polar surface area (TPSA) is 82.8 Å². The summed E-state index contributed by atoms with van der Waals surface area (Å²) in [5.74, 6) is 0.122. The number of nitrogens with one attached hydrogen (secondary N) is 1. The van der Waals surface area contributed by atoms with Gasteiger partial charge in [0, 0.05) is 13.1 Å². The van der Waals surface area contributed by atoms with E-state index in [2.05, 4.69) is 5.32 Å². The average Bonchev–Trinajstić information content (AvgIpc) is 2.86. The summed E-state index contributed by atoms with van der Waals surface area (Å²) in [4.78, 5) is 24.2. The van der Waals surface area contributed by atoms with Crippen molar-refractivity contribution in [2.24, 2.45) is 5.92 Å². The van der Waals surface area contributed by atoms with E-state index in [1.165, 1.54) is 0 Å². The van der Waals surface area contributed by atoms with Crippen LogP contribution in [0.2, 0.25) is 0 Å². The van der Waals surface area contributed by atoms with Gasteiger partial charge in [-0.1, -0.05) is 13.8 Å². The second-order valence-corrected chi connectivity index (χ2v) is 5.13. The monoisotopic (exact) mass is 282 g/mol. The molecule has 6 heteroatoms. The molecule has 0 fully saturated rings. The number of amides is 1. The predicted molar refractivity (Wildman–Crippen MR) is 74.1 cm³/mol. The zero-order valence-corrected chi connectivity index (χ0v) is 12.0. The lowest BCUT2D eigenvalue weighted by molar-refractivity contribution is -0.137. The van der Waals surface area contributed by atoms with Crippen molar-refractivity contribution in [3.8, 4) is 0 Å². The maximum Gasteiger partial charge on any atom is 0.304 e. The minimum atomic E-state index is -0.878. The molecule has 6 nitrogen and oxygen atoms in total. The number of furan rings is 1. The Bertz CT molecular complexity index is 415. The van der Waals surface area contributed by atoms with Crippen molar-refractivity contribution >= 4 is 11.9 Å². The SMILES string of the molecule is CC(C)CNC(=O)CN(CCC(=O)O)Cc1ccco1. The Morgan fingerprint density at radius 1 is 1.45 bits per heavy atom. The Kier molecular flexibility index (Phi) is 6.79. The Morgan fingerprint density at radius 2 is 2.20 bits per heavy atom. The van der Waals surface area contributed by atoms with E-state index in [-0.39, 0.29) is 18.9 Å². The molecule has 1 aromatic heterocycles. The number of nitrogens with zero attached hydrogens (tertiary/aromatic N) is 1. The van der Waals surface area contributed by atoms with Crippen molar-refractivity contribution in [2.75, 3.05) is 19.6 Å². The van der Waals surface area contributed by atoms with E-state index in [0.717, 1.165) is 0 Å². The third kappa shape index (κ3) is 6.94. The highest BCUT2D eigenvalue weighted by Gasteiger charge is 2.14. The van der Waals surface area contributed by atoms with Crippen LogP contribution in [0.4, 0.5) is 0 Å². The molecule has 1 rings (SSSR count). The third-order valence-corrected chi connectivity index (χ3v) is 2.68. The van der Waals surface area contributed by atoms with Crippen LogP contribution >= 0.6 is 0 Å². The van der Waals surface area contributed by atoms with Gasteiger partial charge in [0.2, 0.25) is 5.91 Å². The maximum atomic E-state index is 11.8. The number of hydrogen-bond acceptors (Lipinski definition) is 4. The molecule has 1 heterocycles. The summed E-state index contributed by atoms with van der Waals surface area (Å²) in [6.07, 6.45) is 1.56. The first-order chi connectivity index (χ1) is 9.47. The van der Waals surface area contributed by atoms with Crippen LogP contribution < -0.4 is 5.32 Å². The highest BCUT2D eigenvalue weighted by Crippen LogP contribution is 2.06. The van der Waals surface area contributed by atoms with E-state index >= 15 is 0 Å². The maximum absolute atomic E-state index is 11.8. The second-order valence-electron chi connectivity index (χ2n) is 5.13. The van der Waals surface area contributed by atoms with Gasteiger partial charge in [-0.25, -0.2) is 0 Å². The highest BCUT2D eigenvalue weighted by molar-refractivity contribution is 5.78. The summed E-state index contributed by atoms with van der Waals surface area (Å²) in [5, 5.41) is 11.6. The fourth-order valence-corrected chi connectivity index (χ4v) is 1.67. The van der Waals surface area contributed by atoms with Crippen molar-refractivity contribution in [1.82, 2.24) is 10.2 Å². The van der Waals surface area contributed by atoms with Crippen LogP contribution in [-0.4, -0.2) is 41.5 Å². The largest absolute Gasteiger partial charge is 0.481 e. The molecule has 0 aliphatic heterocycles. The molecule has 0 aromatic carbocycles. The average molecular weight is 282 g/mol. The number of carboxylic acids is 1. The Balaban J connectivity index is 2.48. The van der Waals surface area contributed by atoms with Gasteiger partial charge in [-0.2, -0.15) is 0 Å². The lowest BCUT2D eigenvalue weighted by atomic mass is 10.2. The van der Waals surface area contributed by atoms with Gasteiger partial charge in [0.15, 0.2) is 0 Å². The van der Waals surface area contributed by atoms with Crippen LogP contribution in [0.1, 0.15) is 26.0 Å². The van der Waals surface area contributed by atoms with Gasteiger partial charge in [-0.05, 0) is 18.1 Å². The van der Waals surface area contributed by atoms with E-state index in [1.54, 1.807) is 23.3 Å². The van der Waals surface area contributed by atoms with Crippen molar-refractivity contribution in [3.63, 3.8) is 0 Å². The van der Waals surface area contributed by atoms with E-state index < -0.39 is 5.97 Å². The molecule has 0 saturated heterocycles. The molecule has 0 bridgehead atoms. The molecule has 0 saturated carbocycles. The molecule has 20 heavy (non-hydrogen) atoms. The first-order valence-electron chi connectivity index (χ1n) is 6.70. The minimum absolute atomic E-state index is 0.00182. The molecule has 1 amide bonds. The Hall–Kier alpha value is -1.82. The van der Waals surface area contributed by atoms with Gasteiger partial charge in [0.05, 0.1) is 25.8 Å². The quantitative estimate of drug-likeness (QED) is 0.714. The van der Waals surface area contributed by atoms with Crippen LogP contribution in [0.3, 0.4) is 0 Å². The number of rotatable bonds is 9. The fourth-order valence-electron chi connectivity index (χ4n) is 1.67. The van der Waals surface area contributed by atoms with Gasteiger partial charge in [-0.3, -0.25) is 14.5 Å². The number of aliphatic carboxylic acids is 1. The van der Waals surface area contributed by atoms with Gasteiger partial charge < -0.3 is 14.8 Å². The summed E-state index contributed by atoms with van der Waals surface area (Å²) in [6.45, 7) is 5.56. The molecule has 2 N–H and O–H groups in total. The van der Waals surface area contributed by atoms with Crippen LogP contribution in [0.25, 0.3) is 0 Å². The lowest BCUT2D eigenvalue weighted by Crippen LogP contribution is -2.39. The lowest BCUT2D eigenvalue weighted by Gasteiger charge is -2.20. The van der Waals surface area contributed by atoms with Crippen molar-refractivity contribution in [2.45, 2.75) is 26.8 Å². The molecule has 0 radical (unpaired) electrons.